The Morgan fingerprint density at radius 3 is 0.875 bits per heavy atom. The van der Waals surface area contributed by atoms with E-state index in [0.717, 1.165) is 0 Å². The van der Waals surface area contributed by atoms with E-state index in [1.165, 1.54) is 0 Å². The van der Waals surface area contributed by atoms with Crippen LogP contribution in [0.5, 0.6) is 0 Å². The maximum atomic E-state index is 3.29. The summed E-state index contributed by atoms with van der Waals surface area (Å²) in [5.74, 6) is 0. The Balaban J connectivity index is 4.53. The summed E-state index contributed by atoms with van der Waals surface area (Å²) < 4.78 is 0. The molecule has 0 aliphatic rings. The number of hydrogen-bond donors (Lipinski definition) is 0. The van der Waals surface area contributed by atoms with Crippen LogP contribution in [-0.2, 0) is 0 Å². The molecule has 0 N–H and O–H groups in total. The van der Waals surface area contributed by atoms with Gasteiger partial charge in [0.05, 0.1) is 0 Å². The van der Waals surface area contributed by atoms with E-state index >= 15 is 0 Å². The first kappa shape index (κ1) is 9.90. The second kappa shape index (κ2) is 2.87. The second-order valence-electron chi connectivity index (χ2n) is 2.59. The molecule has 0 aliphatic carbocycles. The van der Waals surface area contributed by atoms with Gasteiger partial charge >= 0.3 is 67.2 Å². The van der Waals surface area contributed by atoms with Gasteiger partial charge in [-0.2, -0.15) is 0 Å². The standard InChI is InChI=1S/C4H12P2Se2/c1-5(2,7)6(3,4)8/h1-4H3. The van der Waals surface area contributed by atoms with Crippen molar-refractivity contribution in [3.63, 3.8) is 0 Å². The van der Waals surface area contributed by atoms with E-state index in [4.69, 9.17) is 0 Å². The van der Waals surface area contributed by atoms with E-state index in [0.29, 0.717) is 0 Å². The van der Waals surface area contributed by atoms with Crippen LogP contribution < -0.4 is 0 Å². The van der Waals surface area contributed by atoms with E-state index in [2.05, 4.69) is 56.9 Å². The van der Waals surface area contributed by atoms with Gasteiger partial charge in [0, 0.05) is 0 Å². The third-order valence-corrected chi connectivity index (χ3v) is 30.6. The van der Waals surface area contributed by atoms with E-state index in [9.17, 15) is 0 Å². The number of rotatable bonds is 1. The van der Waals surface area contributed by atoms with E-state index in [1.54, 1.807) is 0 Å². The zero-order valence-electron chi connectivity index (χ0n) is 5.71. The topological polar surface area (TPSA) is 0 Å². The van der Waals surface area contributed by atoms with Crippen LogP contribution in [0.25, 0.3) is 0 Å². The normalized spacial score (nSPS) is 14.0. The van der Waals surface area contributed by atoms with Gasteiger partial charge in [-0.25, -0.2) is 0 Å². The molecular formula is C4H12P2Se2. The molecule has 50 valence electrons. The molecule has 0 saturated carbocycles. The van der Waals surface area contributed by atoms with Gasteiger partial charge in [-0.1, -0.05) is 0 Å². The fourth-order valence-electron chi connectivity index (χ4n) is 0. The van der Waals surface area contributed by atoms with Crippen molar-refractivity contribution in [3.8, 4) is 0 Å². The average Bonchev–Trinajstić information content (AvgIpc) is 1.25. The van der Waals surface area contributed by atoms with E-state index in [-0.39, 0.29) is 0 Å². The van der Waals surface area contributed by atoms with Gasteiger partial charge in [0.15, 0.2) is 0 Å². The van der Waals surface area contributed by atoms with Crippen LogP contribution in [0, 0.1) is 0 Å². The first-order valence-corrected chi connectivity index (χ1v) is 12.9. The van der Waals surface area contributed by atoms with Gasteiger partial charge in [-0.15, -0.1) is 0 Å². The fourth-order valence-corrected chi connectivity index (χ4v) is 0. The summed E-state index contributed by atoms with van der Waals surface area (Å²) in [4.78, 5) is 0. The van der Waals surface area contributed by atoms with E-state index < -0.39 is 10.4 Å². The molecule has 0 amide bonds. The van der Waals surface area contributed by atoms with Crippen LogP contribution in [0.15, 0.2) is 0 Å². The number of hydrogen-bond acceptors (Lipinski definition) is 0. The Morgan fingerprint density at radius 1 is 0.750 bits per heavy atom. The molecule has 0 nitrogen and oxygen atoms in total. The molecule has 0 aliphatic heterocycles. The summed E-state index contributed by atoms with van der Waals surface area (Å²) in [6.07, 6.45) is 0. The van der Waals surface area contributed by atoms with Crippen LogP contribution in [0.3, 0.4) is 0 Å². The summed E-state index contributed by atoms with van der Waals surface area (Å²) in [6.45, 7) is 9.38. The third kappa shape index (κ3) is 3.16. The molecule has 0 atom stereocenters. The molecule has 0 spiro atoms. The molecule has 8 heavy (non-hydrogen) atoms. The minimum absolute atomic E-state index is 0.669. The molecular weight excluding hydrogens is 268 g/mol. The van der Waals surface area contributed by atoms with Crippen molar-refractivity contribution in [3.05, 3.63) is 0 Å². The van der Waals surface area contributed by atoms with Gasteiger partial charge < -0.3 is 0 Å². The molecule has 0 saturated heterocycles. The van der Waals surface area contributed by atoms with Crippen molar-refractivity contribution in [2.75, 3.05) is 26.7 Å². The summed E-state index contributed by atoms with van der Waals surface area (Å²) in [7, 11) is 0. The molecule has 0 aromatic heterocycles. The Morgan fingerprint density at radius 2 is 0.875 bits per heavy atom. The Bertz CT molecular complexity index is 141. The minimum atomic E-state index is -0.669. The van der Waals surface area contributed by atoms with Gasteiger partial charge in [0.2, 0.25) is 0 Å². The van der Waals surface area contributed by atoms with Gasteiger partial charge in [0.25, 0.3) is 0 Å². The van der Waals surface area contributed by atoms with Crippen molar-refractivity contribution < 1.29 is 0 Å². The third-order valence-electron chi connectivity index (χ3n) is 1.16. The summed E-state index contributed by atoms with van der Waals surface area (Å²) in [6, 6.07) is 0. The van der Waals surface area contributed by atoms with Gasteiger partial charge in [-0.3, -0.25) is 0 Å². The molecule has 0 aromatic carbocycles. The zero-order valence-corrected chi connectivity index (χ0v) is 10.9. The summed E-state index contributed by atoms with van der Waals surface area (Å²) in [5.41, 5.74) is 0. The van der Waals surface area contributed by atoms with E-state index in [1.807, 2.05) is 0 Å². The fraction of sp³-hybridized carbons (Fsp3) is 1.00. The first-order valence-electron chi connectivity index (χ1n) is 2.35. The molecule has 0 aromatic rings. The van der Waals surface area contributed by atoms with Crippen molar-refractivity contribution in [1.29, 1.82) is 0 Å². The molecule has 0 unspecified atom stereocenters. The van der Waals surface area contributed by atoms with Crippen molar-refractivity contribution in [2.45, 2.75) is 0 Å². The Hall–Kier alpha value is 1.90. The van der Waals surface area contributed by atoms with Crippen LogP contribution in [-0.4, -0.2) is 56.9 Å². The Labute approximate surface area is 67.2 Å². The molecule has 0 radical (unpaired) electrons. The SMILES string of the molecule is CP(C)(=[Se])P(C)(C)=[Se]. The first-order chi connectivity index (χ1) is 3.25. The molecule has 0 bridgehead atoms. The second-order valence-corrected chi connectivity index (χ2v) is 28.9. The molecule has 0 rings (SSSR count). The van der Waals surface area contributed by atoms with Gasteiger partial charge in [0.1, 0.15) is 0 Å². The molecule has 0 fully saturated rings. The van der Waals surface area contributed by atoms with Gasteiger partial charge in [-0.05, 0) is 0 Å². The average molecular weight is 280 g/mol. The Kier molecular flexibility index (Phi) is 3.56. The predicted octanol–water partition coefficient (Wildman–Crippen LogP) is 1.62. The summed E-state index contributed by atoms with van der Waals surface area (Å²) in [5, 5.41) is -1.34. The molecule has 0 heterocycles. The van der Waals surface area contributed by atoms with Crippen LogP contribution in [0.2, 0.25) is 0 Å². The van der Waals surface area contributed by atoms with Crippen LogP contribution in [0.1, 0.15) is 0 Å². The predicted molar refractivity (Wildman–Crippen MR) is 49.0 cm³/mol. The summed E-state index contributed by atoms with van der Waals surface area (Å²) >= 11 is 6.57. The maximum absolute atomic E-state index is 3.29. The van der Waals surface area contributed by atoms with Crippen LogP contribution >= 0.6 is 10.4 Å². The quantitative estimate of drug-likeness (QED) is 0.506. The van der Waals surface area contributed by atoms with Crippen molar-refractivity contribution >= 4 is 40.6 Å². The molecule has 4 heteroatoms. The van der Waals surface area contributed by atoms with Crippen molar-refractivity contribution in [1.82, 2.24) is 0 Å². The van der Waals surface area contributed by atoms with Crippen LogP contribution in [0.4, 0.5) is 0 Å². The zero-order chi connectivity index (χ0) is 7.00. The van der Waals surface area contributed by atoms with Crippen molar-refractivity contribution in [2.24, 2.45) is 0 Å². The monoisotopic (exact) mass is 282 g/mol.